The van der Waals surface area contributed by atoms with Gasteiger partial charge in [-0.2, -0.15) is 26.3 Å². The maximum Gasteiger partial charge on any atom is 2.00 e. The van der Waals surface area contributed by atoms with Gasteiger partial charge in [-0.1, -0.05) is 65.9 Å². The van der Waals surface area contributed by atoms with Crippen molar-refractivity contribution in [2.45, 2.75) is 12.4 Å². The van der Waals surface area contributed by atoms with Gasteiger partial charge in [0.15, 0.2) is 0 Å². The number of benzene rings is 1. The van der Waals surface area contributed by atoms with Crippen LogP contribution < -0.4 is 4.90 Å². The summed E-state index contributed by atoms with van der Waals surface area (Å²) in [4.78, 5) is 10.2. The summed E-state index contributed by atoms with van der Waals surface area (Å²) < 4.78 is 80.0. The van der Waals surface area contributed by atoms with Crippen molar-refractivity contribution in [1.29, 1.82) is 0 Å². The van der Waals surface area contributed by atoms with Gasteiger partial charge in [-0.05, 0) is 24.3 Å². The zero-order valence-corrected chi connectivity index (χ0v) is 23.1. The molecule has 0 saturated carbocycles. The van der Waals surface area contributed by atoms with Crippen molar-refractivity contribution >= 4 is 40.5 Å². The molecule has 0 N–H and O–H groups in total. The second-order valence-electron chi connectivity index (χ2n) is 7.75. The number of para-hydroxylation sites is 1. The molecule has 40 heavy (non-hydrogen) atoms. The van der Waals surface area contributed by atoms with Crippen LogP contribution in [0.25, 0.3) is 11.6 Å². The number of nitrogens with zero attached hydrogens (tertiary/aromatic N) is 7. The van der Waals surface area contributed by atoms with Crippen LogP contribution in [0.4, 0.5) is 43.7 Å². The average Bonchev–Trinajstić information content (AvgIpc) is 3.57. The van der Waals surface area contributed by atoms with Gasteiger partial charge in [0.25, 0.3) is 0 Å². The Morgan fingerprint density at radius 1 is 0.650 bits per heavy atom. The minimum Gasteiger partial charge on any atom is -0.343 e. The molecule has 5 aromatic rings. The number of hydrogen-bond donors (Lipinski definition) is 0. The van der Waals surface area contributed by atoms with E-state index in [1.54, 1.807) is 6.07 Å². The first-order valence-corrected chi connectivity index (χ1v) is 11.5. The van der Waals surface area contributed by atoms with Crippen LogP contribution in [0, 0.1) is 12.4 Å². The Balaban J connectivity index is 0.00000370. The van der Waals surface area contributed by atoms with Gasteiger partial charge in [-0.3, -0.25) is 25.1 Å². The van der Waals surface area contributed by atoms with E-state index >= 15 is 0 Å². The van der Waals surface area contributed by atoms with E-state index in [0.717, 1.165) is 9.36 Å². The second-order valence-corrected chi connectivity index (χ2v) is 8.56. The molecule has 0 unspecified atom stereocenters. The fraction of sp³-hybridized carbons (Fsp3) is 0.0833. The van der Waals surface area contributed by atoms with Crippen molar-refractivity contribution in [3.8, 4) is 11.6 Å². The molecule has 7 nitrogen and oxygen atoms in total. The molecule has 0 fully saturated rings. The van der Waals surface area contributed by atoms with Crippen LogP contribution in [0.15, 0.2) is 66.7 Å². The summed E-state index contributed by atoms with van der Waals surface area (Å²) in [7, 11) is 0. The van der Waals surface area contributed by atoms with Crippen molar-refractivity contribution in [2.24, 2.45) is 0 Å². The molecule has 0 atom stereocenters. The SMILES string of the molecule is FC(F)(F)c1c[c-]n(-c2cccc(N(c3cccc(-n4[c-]cc(C(F)(F)F)n4)n3)c3c(Cl)cccc3Cl)n2)n1.[Pt+2]. The molecule has 1 aromatic carbocycles. The standard InChI is InChI=1S/C24H11Cl2F6N7.Pt/c25-14-4-1-5-15(26)22(14)39(20-8-2-6-18(33-20)37-12-10-16(35-37)23(27,28)29)21-9-3-7-19(34-21)38-13-11-17(36-38)24(30,31)32;/h1-11H;/q-2;+2. The summed E-state index contributed by atoms with van der Waals surface area (Å²) >= 11 is 12.9. The van der Waals surface area contributed by atoms with Gasteiger partial charge in [-0.15, -0.1) is 12.1 Å². The van der Waals surface area contributed by atoms with Gasteiger partial charge >= 0.3 is 33.4 Å². The molecule has 208 valence electrons. The summed E-state index contributed by atoms with van der Waals surface area (Å²) in [5.41, 5.74) is -2.12. The van der Waals surface area contributed by atoms with E-state index in [1.807, 2.05) is 0 Å². The number of rotatable bonds is 5. The maximum absolute atomic E-state index is 13.1. The van der Waals surface area contributed by atoms with E-state index in [9.17, 15) is 26.3 Å². The Hall–Kier alpha value is -3.41. The van der Waals surface area contributed by atoms with Gasteiger partial charge < -0.3 is 9.36 Å². The van der Waals surface area contributed by atoms with Gasteiger partial charge in [0.05, 0.1) is 38.8 Å². The molecule has 4 heterocycles. The van der Waals surface area contributed by atoms with Crippen LogP contribution in [-0.2, 0) is 33.4 Å². The number of aromatic nitrogens is 6. The Morgan fingerprint density at radius 2 is 1.05 bits per heavy atom. The normalized spacial score (nSPS) is 11.8. The molecule has 4 aromatic heterocycles. The Labute approximate surface area is 246 Å². The fourth-order valence-corrected chi connectivity index (χ4v) is 4.01. The molecule has 0 amide bonds. The molecule has 0 bridgehead atoms. The van der Waals surface area contributed by atoms with E-state index in [-0.39, 0.29) is 60.1 Å². The number of hydrogen-bond acceptors (Lipinski definition) is 5. The molecule has 0 saturated heterocycles. The zero-order valence-electron chi connectivity index (χ0n) is 19.3. The third kappa shape index (κ3) is 6.01. The molecule has 0 spiro atoms. The summed E-state index contributed by atoms with van der Waals surface area (Å²) in [5, 5.41) is 7.30. The molecule has 16 heteroatoms. The van der Waals surface area contributed by atoms with Crippen molar-refractivity contribution in [3.63, 3.8) is 0 Å². The van der Waals surface area contributed by atoms with Gasteiger partial charge in [0.2, 0.25) is 0 Å². The minimum absolute atomic E-state index is 0. The van der Waals surface area contributed by atoms with Crippen LogP contribution in [0.1, 0.15) is 11.4 Å². The summed E-state index contributed by atoms with van der Waals surface area (Å²) in [6, 6.07) is 14.8. The summed E-state index contributed by atoms with van der Waals surface area (Å²) in [5.74, 6) is 0.153. The smallest absolute Gasteiger partial charge is 0.343 e. The number of halogens is 8. The number of alkyl halides is 6. The minimum atomic E-state index is -4.68. The number of pyridine rings is 2. The summed E-state index contributed by atoms with van der Waals surface area (Å²) in [6.07, 6.45) is -4.63. The first-order chi connectivity index (χ1) is 18.4. The van der Waals surface area contributed by atoms with E-state index < -0.39 is 23.7 Å². The molecular formula is C24H11Cl2F6N7Pt. The molecule has 0 aliphatic rings. The molecule has 0 radical (unpaired) electrons. The first-order valence-electron chi connectivity index (χ1n) is 10.7. The third-order valence-corrected chi connectivity index (χ3v) is 5.75. The first kappa shape index (κ1) is 29.6. The predicted octanol–water partition coefficient (Wildman–Crippen LogP) is 7.26. The monoisotopic (exact) mass is 776 g/mol. The summed E-state index contributed by atoms with van der Waals surface area (Å²) in [6.45, 7) is 0. The Bertz CT molecular complexity index is 1540. The third-order valence-electron chi connectivity index (χ3n) is 5.14. The fourth-order valence-electron chi connectivity index (χ4n) is 3.45. The van der Waals surface area contributed by atoms with Crippen molar-refractivity contribution in [1.82, 2.24) is 29.5 Å². The maximum atomic E-state index is 13.1. The molecule has 0 aliphatic heterocycles. The van der Waals surface area contributed by atoms with Gasteiger partial charge in [0.1, 0.15) is 11.6 Å². The van der Waals surface area contributed by atoms with E-state index in [4.69, 9.17) is 23.2 Å². The van der Waals surface area contributed by atoms with E-state index in [0.29, 0.717) is 12.1 Å². The number of anilines is 3. The quantitative estimate of drug-likeness (QED) is 0.139. The van der Waals surface area contributed by atoms with Gasteiger partial charge in [-0.25, -0.2) is 0 Å². The van der Waals surface area contributed by atoms with Crippen LogP contribution in [0.5, 0.6) is 0 Å². The van der Waals surface area contributed by atoms with Crippen molar-refractivity contribution < 1.29 is 47.4 Å². The van der Waals surface area contributed by atoms with E-state index in [2.05, 4.69) is 32.6 Å². The predicted molar refractivity (Wildman–Crippen MR) is 129 cm³/mol. The van der Waals surface area contributed by atoms with Gasteiger partial charge in [0, 0.05) is 0 Å². The van der Waals surface area contributed by atoms with Crippen LogP contribution >= 0.6 is 23.2 Å². The molecular weight excluding hydrogens is 766 g/mol. The van der Waals surface area contributed by atoms with Crippen molar-refractivity contribution in [2.75, 3.05) is 4.90 Å². The average molecular weight is 777 g/mol. The Kier molecular flexibility index (Phi) is 8.30. The van der Waals surface area contributed by atoms with Crippen molar-refractivity contribution in [3.05, 3.63) is 101 Å². The second kappa shape index (κ2) is 11.2. The zero-order chi connectivity index (χ0) is 27.9. The van der Waals surface area contributed by atoms with Crippen LogP contribution in [0.3, 0.4) is 0 Å². The van der Waals surface area contributed by atoms with E-state index in [1.165, 1.54) is 53.4 Å². The molecule has 5 rings (SSSR count). The topological polar surface area (TPSA) is 64.7 Å². The largest absolute Gasteiger partial charge is 2.00 e. The van der Waals surface area contributed by atoms with Crippen LogP contribution in [0.2, 0.25) is 10.0 Å². The van der Waals surface area contributed by atoms with Crippen LogP contribution in [-0.4, -0.2) is 29.5 Å². The molecule has 0 aliphatic carbocycles. The Morgan fingerprint density at radius 3 is 1.43 bits per heavy atom.